The van der Waals surface area contributed by atoms with Gasteiger partial charge in [-0.25, -0.2) is 9.59 Å². The minimum atomic E-state index is -0.619. The van der Waals surface area contributed by atoms with E-state index in [1.165, 1.54) is 44.6 Å². The second-order valence-corrected chi connectivity index (χ2v) is 6.79. The Hall–Kier alpha value is -4.20. The summed E-state index contributed by atoms with van der Waals surface area (Å²) in [5, 5.41) is 19.4. The van der Waals surface area contributed by atoms with E-state index in [1.807, 2.05) is 0 Å². The van der Waals surface area contributed by atoms with Crippen LogP contribution in [0, 0.1) is 6.92 Å². The molecule has 0 saturated heterocycles. The number of carbonyl (C=O) groups excluding carboxylic acids is 2. The van der Waals surface area contributed by atoms with Gasteiger partial charge in [-0.2, -0.15) is 0 Å². The van der Waals surface area contributed by atoms with E-state index in [1.54, 1.807) is 31.2 Å². The maximum Gasteiger partial charge on any atom is 0.343 e. The molecule has 8 heteroatoms. The van der Waals surface area contributed by atoms with Gasteiger partial charge in [-0.15, -0.1) is 0 Å². The normalized spacial score (nSPS) is 10.3. The van der Waals surface area contributed by atoms with E-state index in [0.717, 1.165) is 0 Å². The van der Waals surface area contributed by atoms with Crippen LogP contribution in [0.5, 0.6) is 28.7 Å². The van der Waals surface area contributed by atoms with Gasteiger partial charge in [0.15, 0.2) is 23.0 Å². The van der Waals surface area contributed by atoms with Crippen LogP contribution in [0.15, 0.2) is 54.6 Å². The summed E-state index contributed by atoms with van der Waals surface area (Å²) < 4.78 is 20.8. The Morgan fingerprint density at radius 3 is 2.34 bits per heavy atom. The van der Waals surface area contributed by atoms with Gasteiger partial charge in [-0.05, 0) is 55.0 Å². The molecule has 2 N–H and O–H groups in total. The number of aromatic hydroxyl groups is 2. The Morgan fingerprint density at radius 2 is 1.62 bits per heavy atom. The Balaban J connectivity index is 1.68. The first-order valence-corrected chi connectivity index (χ1v) is 9.55. The number of phenols is 2. The first kappa shape index (κ1) is 22.5. The third kappa shape index (κ3) is 4.92. The van der Waals surface area contributed by atoms with Gasteiger partial charge in [-0.3, -0.25) is 0 Å². The third-order valence-corrected chi connectivity index (χ3v) is 4.70. The van der Waals surface area contributed by atoms with Crippen LogP contribution in [0.3, 0.4) is 0 Å². The molecule has 0 saturated carbocycles. The molecule has 0 amide bonds. The molecular weight excluding hydrogens is 416 g/mol. The van der Waals surface area contributed by atoms with Crippen LogP contribution in [-0.2, 0) is 11.3 Å². The van der Waals surface area contributed by atoms with Crippen molar-refractivity contribution in [1.29, 1.82) is 0 Å². The number of methoxy groups -OCH3 is 2. The number of phenolic OH excluding ortho intramolecular Hbond substituents is 2. The van der Waals surface area contributed by atoms with Crippen LogP contribution in [0.25, 0.3) is 0 Å². The number of ether oxygens (including phenoxy) is 4. The lowest BCUT2D eigenvalue weighted by molar-refractivity contribution is 0.0471. The summed E-state index contributed by atoms with van der Waals surface area (Å²) in [6, 6.07) is 13.5. The number of benzene rings is 3. The number of rotatable bonds is 7. The topological polar surface area (TPSA) is 112 Å². The molecule has 0 heterocycles. The molecule has 0 aliphatic carbocycles. The number of esters is 2. The largest absolute Gasteiger partial charge is 0.504 e. The average molecular weight is 438 g/mol. The van der Waals surface area contributed by atoms with Gasteiger partial charge < -0.3 is 29.2 Å². The standard InChI is InChI=1S/C24H22O8/c1-14-18(8-10-20(26)22(14)30-3)24(28)32-17-6-4-5-15(11-17)13-31-23(27)16-7-9-19(25)21(12-16)29-2/h4-12,25-26H,13H2,1-3H3. The van der Waals surface area contributed by atoms with Crippen LogP contribution >= 0.6 is 0 Å². The van der Waals surface area contributed by atoms with E-state index in [-0.39, 0.29) is 46.5 Å². The minimum absolute atomic E-state index is 0.0561. The predicted octanol–water partition coefficient (Wildman–Crippen LogP) is 4.00. The lowest BCUT2D eigenvalue weighted by atomic mass is 10.1. The van der Waals surface area contributed by atoms with E-state index in [0.29, 0.717) is 11.1 Å². The van der Waals surface area contributed by atoms with Crippen LogP contribution in [0.4, 0.5) is 0 Å². The highest BCUT2D eigenvalue weighted by molar-refractivity contribution is 5.94. The zero-order chi connectivity index (χ0) is 23.3. The third-order valence-electron chi connectivity index (χ3n) is 4.70. The molecule has 0 fully saturated rings. The Bertz CT molecular complexity index is 1150. The molecule has 0 aliphatic rings. The van der Waals surface area contributed by atoms with Gasteiger partial charge in [0.1, 0.15) is 12.4 Å². The van der Waals surface area contributed by atoms with Crippen LogP contribution < -0.4 is 14.2 Å². The summed E-state index contributed by atoms with van der Waals surface area (Å²) in [6.07, 6.45) is 0. The van der Waals surface area contributed by atoms with Crippen molar-refractivity contribution in [3.05, 3.63) is 76.9 Å². The molecule has 0 atom stereocenters. The highest BCUT2D eigenvalue weighted by Crippen LogP contribution is 2.32. The zero-order valence-electron chi connectivity index (χ0n) is 17.7. The summed E-state index contributed by atoms with van der Waals surface area (Å²) in [7, 11) is 2.78. The molecular formula is C24H22O8. The number of hydrogen-bond acceptors (Lipinski definition) is 8. The highest BCUT2D eigenvalue weighted by atomic mass is 16.5. The second-order valence-electron chi connectivity index (χ2n) is 6.79. The van der Waals surface area contributed by atoms with E-state index in [2.05, 4.69) is 0 Å². The lowest BCUT2D eigenvalue weighted by Gasteiger charge is -2.12. The van der Waals surface area contributed by atoms with E-state index in [4.69, 9.17) is 18.9 Å². The van der Waals surface area contributed by atoms with Gasteiger partial charge in [0.2, 0.25) is 0 Å². The quantitative estimate of drug-likeness (QED) is 0.421. The fraction of sp³-hybridized carbons (Fsp3) is 0.167. The highest BCUT2D eigenvalue weighted by Gasteiger charge is 2.18. The van der Waals surface area contributed by atoms with Crippen molar-refractivity contribution in [3.8, 4) is 28.7 Å². The average Bonchev–Trinajstić information content (AvgIpc) is 2.78. The number of carbonyl (C=O) groups is 2. The molecule has 166 valence electrons. The Morgan fingerprint density at radius 1 is 0.875 bits per heavy atom. The first-order chi connectivity index (χ1) is 15.3. The van der Waals surface area contributed by atoms with Crippen molar-refractivity contribution in [3.63, 3.8) is 0 Å². The first-order valence-electron chi connectivity index (χ1n) is 9.55. The summed E-state index contributed by atoms with van der Waals surface area (Å²) in [6.45, 7) is 1.59. The Kier molecular flexibility index (Phi) is 6.84. The number of hydrogen-bond donors (Lipinski definition) is 2. The molecule has 0 aliphatic heterocycles. The van der Waals surface area contributed by atoms with Crippen molar-refractivity contribution in [2.75, 3.05) is 14.2 Å². The monoisotopic (exact) mass is 438 g/mol. The van der Waals surface area contributed by atoms with Gasteiger partial charge in [0.25, 0.3) is 0 Å². The van der Waals surface area contributed by atoms with Crippen molar-refractivity contribution < 1.29 is 38.7 Å². The molecule has 0 unspecified atom stereocenters. The smallest absolute Gasteiger partial charge is 0.343 e. The molecule has 3 aromatic carbocycles. The van der Waals surface area contributed by atoms with Gasteiger partial charge in [-0.1, -0.05) is 12.1 Å². The molecule has 32 heavy (non-hydrogen) atoms. The van der Waals surface area contributed by atoms with Crippen LogP contribution in [-0.4, -0.2) is 36.4 Å². The van der Waals surface area contributed by atoms with Crippen molar-refractivity contribution in [2.45, 2.75) is 13.5 Å². The summed E-state index contributed by atoms with van der Waals surface area (Å²) >= 11 is 0. The summed E-state index contributed by atoms with van der Waals surface area (Å²) in [5.74, 6) is -0.748. The molecule has 0 aromatic heterocycles. The molecule has 3 aromatic rings. The fourth-order valence-electron chi connectivity index (χ4n) is 3.05. The van der Waals surface area contributed by atoms with Gasteiger partial charge in [0, 0.05) is 5.56 Å². The fourth-order valence-corrected chi connectivity index (χ4v) is 3.05. The second kappa shape index (κ2) is 9.74. The Labute approximate surface area is 184 Å². The molecule has 0 bridgehead atoms. The maximum absolute atomic E-state index is 12.6. The van der Waals surface area contributed by atoms with E-state index < -0.39 is 11.9 Å². The van der Waals surface area contributed by atoms with Gasteiger partial charge >= 0.3 is 11.9 Å². The van der Waals surface area contributed by atoms with Crippen molar-refractivity contribution in [1.82, 2.24) is 0 Å². The van der Waals surface area contributed by atoms with Crippen molar-refractivity contribution in [2.24, 2.45) is 0 Å². The van der Waals surface area contributed by atoms with Crippen LogP contribution in [0.1, 0.15) is 31.8 Å². The molecule has 8 nitrogen and oxygen atoms in total. The van der Waals surface area contributed by atoms with Gasteiger partial charge in [0.05, 0.1) is 25.3 Å². The predicted molar refractivity (Wildman–Crippen MR) is 115 cm³/mol. The minimum Gasteiger partial charge on any atom is -0.504 e. The zero-order valence-corrected chi connectivity index (χ0v) is 17.7. The summed E-state index contributed by atoms with van der Waals surface area (Å²) in [4.78, 5) is 24.9. The molecule has 0 radical (unpaired) electrons. The maximum atomic E-state index is 12.6. The van der Waals surface area contributed by atoms with Crippen LogP contribution in [0.2, 0.25) is 0 Å². The summed E-state index contributed by atoms with van der Waals surface area (Å²) in [5.41, 5.74) is 1.53. The molecule has 0 spiro atoms. The van der Waals surface area contributed by atoms with E-state index in [9.17, 15) is 19.8 Å². The van der Waals surface area contributed by atoms with E-state index >= 15 is 0 Å². The van der Waals surface area contributed by atoms with Crippen molar-refractivity contribution >= 4 is 11.9 Å². The SMILES string of the molecule is COc1cc(C(=O)OCc2cccc(OC(=O)c3ccc(O)c(OC)c3C)c2)ccc1O. The molecule has 3 rings (SSSR count). The lowest BCUT2D eigenvalue weighted by Crippen LogP contribution is -2.11.